The summed E-state index contributed by atoms with van der Waals surface area (Å²) in [6, 6.07) is 11.9. The van der Waals surface area contributed by atoms with Gasteiger partial charge in [0, 0.05) is 24.8 Å². The molecule has 0 aliphatic carbocycles. The molecule has 0 saturated heterocycles. The minimum Gasteiger partial charge on any atom is -0.313 e. The second-order valence-corrected chi connectivity index (χ2v) is 5.32. The number of hydrogen-bond donors (Lipinski definition) is 0. The van der Waals surface area contributed by atoms with E-state index in [4.69, 9.17) is 0 Å². The van der Waals surface area contributed by atoms with Gasteiger partial charge in [-0.25, -0.2) is 0 Å². The van der Waals surface area contributed by atoms with Gasteiger partial charge in [-0.05, 0) is 31.5 Å². The number of nitrogens with zero attached hydrogens (tertiary/aromatic N) is 2. The van der Waals surface area contributed by atoms with Gasteiger partial charge in [0.05, 0.1) is 11.1 Å². The molecule has 0 unspecified atom stereocenters. The van der Waals surface area contributed by atoms with E-state index in [9.17, 15) is 14.4 Å². The fraction of sp³-hybridized carbons (Fsp3) is 0.235. The Hall–Kier alpha value is -2.69. The van der Waals surface area contributed by atoms with Crippen LogP contribution >= 0.6 is 0 Å². The summed E-state index contributed by atoms with van der Waals surface area (Å²) in [5.74, 6) is -0.504. The van der Waals surface area contributed by atoms with Crippen LogP contribution in [0.4, 0.5) is 0 Å². The number of amides is 2. The Kier molecular flexibility index (Phi) is 3.63. The van der Waals surface area contributed by atoms with Crippen molar-refractivity contribution in [1.82, 2.24) is 9.47 Å². The van der Waals surface area contributed by atoms with Gasteiger partial charge in [0.15, 0.2) is 0 Å². The number of pyridine rings is 1. The Morgan fingerprint density at radius 1 is 0.818 bits per heavy atom. The number of aromatic nitrogens is 1. The third-order valence-corrected chi connectivity index (χ3v) is 3.91. The van der Waals surface area contributed by atoms with Gasteiger partial charge in [0.1, 0.15) is 0 Å². The highest BCUT2D eigenvalue weighted by atomic mass is 16.2. The minimum absolute atomic E-state index is 0.0673. The molecule has 1 aromatic carbocycles. The molecule has 1 aliphatic rings. The van der Waals surface area contributed by atoms with E-state index in [0.29, 0.717) is 30.6 Å². The van der Waals surface area contributed by atoms with Crippen molar-refractivity contribution >= 4 is 11.8 Å². The first kappa shape index (κ1) is 14.3. The van der Waals surface area contributed by atoms with Gasteiger partial charge in [-0.1, -0.05) is 18.2 Å². The number of carbonyl (C=O) groups excluding carboxylic acids is 2. The number of fused-ring (bicyclic) bond motifs is 1. The molecule has 0 saturated carbocycles. The van der Waals surface area contributed by atoms with Gasteiger partial charge in [-0.2, -0.15) is 0 Å². The molecule has 0 radical (unpaired) electrons. The van der Waals surface area contributed by atoms with Crippen LogP contribution in [0.5, 0.6) is 0 Å². The first-order valence-electron chi connectivity index (χ1n) is 7.21. The van der Waals surface area contributed by atoms with Crippen molar-refractivity contribution in [3.8, 4) is 0 Å². The monoisotopic (exact) mass is 296 g/mol. The van der Waals surface area contributed by atoms with Gasteiger partial charge in [0.2, 0.25) is 0 Å². The number of imide groups is 1. The van der Waals surface area contributed by atoms with Gasteiger partial charge in [0.25, 0.3) is 17.4 Å². The summed E-state index contributed by atoms with van der Waals surface area (Å²) >= 11 is 0. The van der Waals surface area contributed by atoms with E-state index in [1.807, 2.05) is 13.0 Å². The third-order valence-electron chi connectivity index (χ3n) is 3.91. The van der Waals surface area contributed by atoms with Crippen molar-refractivity contribution in [2.24, 2.45) is 0 Å². The van der Waals surface area contributed by atoms with Crippen molar-refractivity contribution in [3.05, 3.63) is 69.6 Å². The molecule has 1 aromatic heterocycles. The van der Waals surface area contributed by atoms with Crippen LogP contribution in [0.3, 0.4) is 0 Å². The maximum Gasteiger partial charge on any atom is 0.261 e. The molecule has 22 heavy (non-hydrogen) atoms. The maximum atomic E-state index is 12.2. The predicted molar refractivity (Wildman–Crippen MR) is 81.9 cm³/mol. The Morgan fingerprint density at radius 3 is 2.05 bits per heavy atom. The zero-order valence-corrected chi connectivity index (χ0v) is 12.3. The predicted octanol–water partition coefficient (Wildman–Crippen LogP) is 1.84. The highest BCUT2D eigenvalue weighted by molar-refractivity contribution is 6.21. The quantitative estimate of drug-likeness (QED) is 0.809. The molecule has 0 bridgehead atoms. The molecule has 3 rings (SSSR count). The number of aryl methyl sites for hydroxylation is 1. The van der Waals surface area contributed by atoms with Crippen LogP contribution in [0.25, 0.3) is 0 Å². The summed E-state index contributed by atoms with van der Waals surface area (Å²) in [5, 5.41) is 0. The average molecular weight is 296 g/mol. The molecule has 0 atom stereocenters. The zero-order chi connectivity index (χ0) is 15.7. The maximum absolute atomic E-state index is 12.2. The number of rotatable bonds is 4. The van der Waals surface area contributed by atoms with Gasteiger partial charge < -0.3 is 4.57 Å². The SMILES string of the molecule is Cc1cccc(=O)n1CCCN1C(=O)c2ccccc2C1=O. The standard InChI is InChI=1S/C17H16N2O3/c1-12-6-4-9-15(20)18(12)10-5-11-19-16(21)13-7-2-3-8-14(13)17(19)22/h2-4,6-9H,5,10-11H2,1H3. The lowest BCUT2D eigenvalue weighted by molar-refractivity contribution is 0.0650. The van der Waals surface area contributed by atoms with E-state index >= 15 is 0 Å². The molecule has 2 heterocycles. The Labute approximate surface area is 127 Å². The van der Waals surface area contributed by atoms with Gasteiger partial charge in [-0.15, -0.1) is 0 Å². The van der Waals surface area contributed by atoms with Crippen LogP contribution in [0, 0.1) is 6.92 Å². The normalized spacial score (nSPS) is 13.6. The Balaban J connectivity index is 1.70. The van der Waals surface area contributed by atoms with Gasteiger partial charge in [-0.3, -0.25) is 19.3 Å². The highest BCUT2D eigenvalue weighted by Gasteiger charge is 2.34. The first-order valence-corrected chi connectivity index (χ1v) is 7.21. The topological polar surface area (TPSA) is 59.4 Å². The van der Waals surface area contributed by atoms with Gasteiger partial charge >= 0.3 is 0 Å². The van der Waals surface area contributed by atoms with E-state index < -0.39 is 0 Å². The highest BCUT2D eigenvalue weighted by Crippen LogP contribution is 2.22. The number of hydrogen-bond acceptors (Lipinski definition) is 3. The van der Waals surface area contributed by atoms with Crippen molar-refractivity contribution in [2.75, 3.05) is 6.54 Å². The van der Waals surface area contributed by atoms with E-state index in [-0.39, 0.29) is 17.4 Å². The van der Waals surface area contributed by atoms with Crippen LogP contribution in [-0.4, -0.2) is 27.8 Å². The van der Waals surface area contributed by atoms with E-state index in [1.54, 1.807) is 34.9 Å². The molecular formula is C17H16N2O3. The molecule has 5 heteroatoms. The van der Waals surface area contributed by atoms with E-state index in [1.165, 1.54) is 11.0 Å². The Bertz CT molecular complexity index is 773. The molecule has 2 amide bonds. The van der Waals surface area contributed by atoms with Crippen LogP contribution in [0.2, 0.25) is 0 Å². The summed E-state index contributed by atoms with van der Waals surface area (Å²) < 4.78 is 1.65. The van der Waals surface area contributed by atoms with Crippen LogP contribution in [-0.2, 0) is 6.54 Å². The lowest BCUT2D eigenvalue weighted by atomic mass is 10.1. The largest absolute Gasteiger partial charge is 0.313 e. The molecule has 112 valence electrons. The summed E-state index contributed by atoms with van der Waals surface area (Å²) in [6.07, 6.45) is 0.552. The lowest BCUT2D eigenvalue weighted by Gasteiger charge is -2.15. The van der Waals surface area contributed by atoms with Crippen molar-refractivity contribution in [2.45, 2.75) is 19.9 Å². The minimum atomic E-state index is -0.252. The fourth-order valence-electron chi connectivity index (χ4n) is 2.74. The second kappa shape index (κ2) is 5.60. The number of benzene rings is 1. The van der Waals surface area contributed by atoms with Crippen LogP contribution in [0.1, 0.15) is 32.8 Å². The summed E-state index contributed by atoms with van der Waals surface area (Å²) in [7, 11) is 0. The molecular weight excluding hydrogens is 280 g/mol. The summed E-state index contributed by atoms with van der Waals surface area (Å²) in [5.41, 5.74) is 1.72. The molecule has 0 fully saturated rings. The fourth-order valence-corrected chi connectivity index (χ4v) is 2.74. The molecule has 2 aromatic rings. The van der Waals surface area contributed by atoms with Crippen molar-refractivity contribution in [3.63, 3.8) is 0 Å². The first-order chi connectivity index (χ1) is 10.6. The molecule has 5 nitrogen and oxygen atoms in total. The molecule has 0 spiro atoms. The van der Waals surface area contributed by atoms with E-state index in [2.05, 4.69) is 0 Å². The molecule has 0 N–H and O–H groups in total. The average Bonchev–Trinajstić information content (AvgIpc) is 2.75. The summed E-state index contributed by atoms with van der Waals surface area (Å²) in [4.78, 5) is 37.5. The van der Waals surface area contributed by atoms with Crippen molar-refractivity contribution in [1.29, 1.82) is 0 Å². The zero-order valence-electron chi connectivity index (χ0n) is 12.3. The second-order valence-electron chi connectivity index (χ2n) is 5.32. The third kappa shape index (κ3) is 2.35. The molecule has 1 aliphatic heterocycles. The van der Waals surface area contributed by atoms with E-state index in [0.717, 1.165) is 5.69 Å². The summed E-state index contributed by atoms with van der Waals surface area (Å²) in [6.45, 7) is 2.66. The van der Waals surface area contributed by atoms with Crippen molar-refractivity contribution < 1.29 is 9.59 Å². The smallest absolute Gasteiger partial charge is 0.261 e. The van der Waals surface area contributed by atoms with Crippen LogP contribution < -0.4 is 5.56 Å². The lowest BCUT2D eigenvalue weighted by Crippen LogP contribution is -2.32. The van der Waals surface area contributed by atoms with Crippen LogP contribution in [0.15, 0.2) is 47.3 Å². The Morgan fingerprint density at radius 2 is 1.45 bits per heavy atom. The number of carbonyl (C=O) groups is 2.